The van der Waals surface area contributed by atoms with Gasteiger partial charge in [0.1, 0.15) is 11.4 Å². The van der Waals surface area contributed by atoms with E-state index >= 15 is 0 Å². The van der Waals surface area contributed by atoms with Gasteiger partial charge in [-0.15, -0.1) is 0 Å². The van der Waals surface area contributed by atoms with Crippen LogP contribution in [0.1, 0.15) is 68.2 Å². The number of nitrogens with zero attached hydrogens (tertiary/aromatic N) is 2. The third-order valence-corrected chi connectivity index (χ3v) is 5.89. The molecule has 1 amide bonds. The van der Waals surface area contributed by atoms with Crippen molar-refractivity contribution in [2.24, 2.45) is 0 Å². The second kappa shape index (κ2) is 7.64. The number of benzene rings is 1. The number of rotatable bonds is 2. The first-order chi connectivity index (χ1) is 14.9. The van der Waals surface area contributed by atoms with Crippen molar-refractivity contribution in [2.75, 3.05) is 6.54 Å². The minimum Gasteiger partial charge on any atom is -0.444 e. The fourth-order valence-electron chi connectivity index (χ4n) is 4.11. The van der Waals surface area contributed by atoms with E-state index in [0.29, 0.717) is 54.9 Å². The van der Waals surface area contributed by atoms with Gasteiger partial charge in [-0.05, 0) is 58.1 Å². The SMILES string of the molecule is CC(C)(C)OC(=O)N1CCCc2nc(C3(c4cccc(C(F)(F)F)c4)CC3)[nH]c(=O)c2C1. The Morgan fingerprint density at radius 3 is 2.56 bits per heavy atom. The number of aryl methyl sites for hydroxylation is 1. The molecule has 2 aromatic rings. The third-order valence-electron chi connectivity index (χ3n) is 5.89. The Labute approximate surface area is 183 Å². The normalized spacial score (nSPS) is 18.0. The number of ether oxygens (including phenoxy) is 1. The van der Waals surface area contributed by atoms with Gasteiger partial charge in [0.15, 0.2) is 0 Å². The number of H-pyrrole nitrogens is 1. The quantitative estimate of drug-likeness (QED) is 0.730. The summed E-state index contributed by atoms with van der Waals surface area (Å²) in [6, 6.07) is 5.22. The third kappa shape index (κ3) is 4.38. The molecule has 1 fully saturated rings. The van der Waals surface area contributed by atoms with Gasteiger partial charge in [-0.3, -0.25) is 4.79 Å². The van der Waals surface area contributed by atoms with Gasteiger partial charge >= 0.3 is 12.3 Å². The first-order valence-electron chi connectivity index (χ1n) is 10.7. The zero-order chi connectivity index (χ0) is 23.3. The number of carbonyl (C=O) groups excluding carboxylic acids is 1. The number of carbonyl (C=O) groups is 1. The second-order valence-electron chi connectivity index (χ2n) is 9.51. The number of amides is 1. The average Bonchev–Trinajstić information content (AvgIpc) is 3.50. The van der Waals surface area contributed by atoms with Crippen molar-refractivity contribution < 1.29 is 22.7 Å². The number of aromatic nitrogens is 2. The lowest BCUT2D eigenvalue weighted by molar-refractivity contribution is -0.137. The summed E-state index contributed by atoms with van der Waals surface area (Å²) >= 11 is 0. The molecule has 1 aromatic carbocycles. The number of alkyl halides is 3. The van der Waals surface area contributed by atoms with Crippen LogP contribution in [0.4, 0.5) is 18.0 Å². The van der Waals surface area contributed by atoms with Crippen LogP contribution in [0.25, 0.3) is 0 Å². The summed E-state index contributed by atoms with van der Waals surface area (Å²) in [5.41, 5.74) is -0.953. The Balaban J connectivity index is 1.66. The standard InChI is InChI=1S/C23H26F3N3O3/c1-21(2,3)32-20(31)29-11-5-8-17-16(13-29)18(30)28-19(27-17)22(9-10-22)14-6-4-7-15(12-14)23(24,25)26/h4,6-7,12H,5,8-11,13H2,1-3H3,(H,27,28,30). The maximum Gasteiger partial charge on any atom is 0.416 e. The molecule has 0 bridgehead atoms. The fraction of sp³-hybridized carbons (Fsp3) is 0.522. The van der Waals surface area contributed by atoms with E-state index in [1.54, 1.807) is 26.8 Å². The summed E-state index contributed by atoms with van der Waals surface area (Å²) in [6.07, 6.45) is -2.59. The van der Waals surface area contributed by atoms with Crippen LogP contribution >= 0.6 is 0 Å². The van der Waals surface area contributed by atoms with Gasteiger partial charge < -0.3 is 14.6 Å². The molecule has 6 nitrogen and oxygen atoms in total. The molecular weight excluding hydrogens is 423 g/mol. The van der Waals surface area contributed by atoms with Crippen molar-refractivity contribution in [2.45, 2.75) is 70.2 Å². The zero-order valence-corrected chi connectivity index (χ0v) is 18.3. The largest absolute Gasteiger partial charge is 0.444 e. The molecule has 1 saturated carbocycles. The maximum atomic E-state index is 13.2. The van der Waals surface area contributed by atoms with E-state index in [9.17, 15) is 22.8 Å². The van der Waals surface area contributed by atoms with E-state index in [2.05, 4.69) is 9.97 Å². The highest BCUT2D eigenvalue weighted by molar-refractivity contribution is 5.68. The number of halogens is 3. The van der Waals surface area contributed by atoms with Crippen molar-refractivity contribution in [3.05, 3.63) is 62.8 Å². The molecule has 0 atom stereocenters. The molecule has 172 valence electrons. The van der Waals surface area contributed by atoms with Gasteiger partial charge in [-0.1, -0.05) is 18.2 Å². The maximum absolute atomic E-state index is 13.2. The molecule has 4 rings (SSSR count). The van der Waals surface area contributed by atoms with E-state index in [1.165, 1.54) is 11.0 Å². The minimum atomic E-state index is -4.44. The smallest absolute Gasteiger partial charge is 0.416 e. The molecule has 1 N–H and O–H groups in total. The molecule has 1 aromatic heterocycles. The van der Waals surface area contributed by atoms with Crippen molar-refractivity contribution in [1.29, 1.82) is 0 Å². The summed E-state index contributed by atoms with van der Waals surface area (Å²) in [5.74, 6) is 0.395. The van der Waals surface area contributed by atoms with Gasteiger partial charge in [-0.2, -0.15) is 13.2 Å². The highest BCUT2D eigenvalue weighted by Gasteiger charge is 2.49. The molecule has 0 saturated heterocycles. The molecule has 2 aliphatic rings. The first kappa shape index (κ1) is 22.4. The number of aromatic amines is 1. The van der Waals surface area contributed by atoms with Gasteiger partial charge in [0.05, 0.1) is 28.8 Å². The Morgan fingerprint density at radius 2 is 1.94 bits per heavy atom. The molecule has 0 spiro atoms. The molecule has 1 aliphatic heterocycles. The van der Waals surface area contributed by atoms with Crippen LogP contribution in [0.5, 0.6) is 0 Å². The number of nitrogens with one attached hydrogen (secondary N) is 1. The molecule has 32 heavy (non-hydrogen) atoms. The summed E-state index contributed by atoms with van der Waals surface area (Å²) < 4.78 is 45.0. The van der Waals surface area contributed by atoms with Crippen LogP contribution in [0.3, 0.4) is 0 Å². The van der Waals surface area contributed by atoms with Crippen LogP contribution in [-0.2, 0) is 29.3 Å². The van der Waals surface area contributed by atoms with Crippen LogP contribution in [0.15, 0.2) is 29.1 Å². The van der Waals surface area contributed by atoms with Crippen molar-refractivity contribution >= 4 is 6.09 Å². The lowest BCUT2D eigenvalue weighted by atomic mass is 9.93. The highest BCUT2D eigenvalue weighted by Crippen LogP contribution is 2.52. The molecule has 2 heterocycles. The molecule has 9 heteroatoms. The van der Waals surface area contributed by atoms with Crippen LogP contribution in [0, 0.1) is 0 Å². The topological polar surface area (TPSA) is 75.3 Å². The van der Waals surface area contributed by atoms with Crippen LogP contribution in [0.2, 0.25) is 0 Å². The predicted molar refractivity (Wildman–Crippen MR) is 111 cm³/mol. The van der Waals surface area contributed by atoms with Crippen LogP contribution in [-0.4, -0.2) is 33.1 Å². The molecule has 0 unspecified atom stereocenters. The zero-order valence-electron chi connectivity index (χ0n) is 18.3. The Morgan fingerprint density at radius 1 is 1.22 bits per heavy atom. The monoisotopic (exact) mass is 449 g/mol. The lowest BCUT2D eigenvalue weighted by Gasteiger charge is -2.26. The van der Waals surface area contributed by atoms with E-state index in [0.717, 1.165) is 12.1 Å². The van der Waals surface area contributed by atoms with E-state index < -0.39 is 28.8 Å². The first-order valence-corrected chi connectivity index (χ1v) is 10.7. The summed E-state index contributed by atoms with van der Waals surface area (Å²) in [7, 11) is 0. The van der Waals surface area contributed by atoms with Gasteiger partial charge in [-0.25, -0.2) is 9.78 Å². The summed E-state index contributed by atoms with van der Waals surface area (Å²) in [6.45, 7) is 5.85. The number of hydrogen-bond acceptors (Lipinski definition) is 4. The molecule has 1 aliphatic carbocycles. The minimum absolute atomic E-state index is 0.0867. The Kier molecular flexibility index (Phi) is 5.33. The lowest BCUT2D eigenvalue weighted by Crippen LogP contribution is -2.37. The van der Waals surface area contributed by atoms with E-state index in [1.807, 2.05) is 0 Å². The Hall–Kier alpha value is -2.84. The second-order valence-corrected chi connectivity index (χ2v) is 9.51. The summed E-state index contributed by atoms with van der Waals surface area (Å²) in [4.78, 5) is 34.5. The predicted octanol–water partition coefficient (Wildman–Crippen LogP) is 4.55. The van der Waals surface area contributed by atoms with Crippen LogP contribution < -0.4 is 5.56 Å². The fourth-order valence-corrected chi connectivity index (χ4v) is 4.11. The van der Waals surface area contributed by atoms with Crippen molar-refractivity contribution in [1.82, 2.24) is 14.9 Å². The van der Waals surface area contributed by atoms with Gasteiger partial charge in [0.2, 0.25) is 0 Å². The van der Waals surface area contributed by atoms with Gasteiger partial charge in [0.25, 0.3) is 5.56 Å². The molecule has 0 radical (unpaired) electrons. The van der Waals surface area contributed by atoms with Gasteiger partial charge in [0, 0.05) is 6.54 Å². The number of hydrogen-bond donors (Lipinski definition) is 1. The summed E-state index contributed by atoms with van der Waals surface area (Å²) in [5, 5.41) is 0. The van der Waals surface area contributed by atoms with Crippen molar-refractivity contribution in [3.63, 3.8) is 0 Å². The van der Waals surface area contributed by atoms with E-state index in [-0.39, 0.29) is 12.1 Å². The highest BCUT2D eigenvalue weighted by atomic mass is 19.4. The van der Waals surface area contributed by atoms with Crippen molar-refractivity contribution in [3.8, 4) is 0 Å². The average molecular weight is 449 g/mol. The molecular formula is C23H26F3N3O3. The Bertz CT molecular complexity index is 1100. The number of fused-ring (bicyclic) bond motifs is 1. The van der Waals surface area contributed by atoms with E-state index in [4.69, 9.17) is 4.74 Å².